The number of nitro groups is 1. The summed E-state index contributed by atoms with van der Waals surface area (Å²) in [4.78, 5) is 10.1. The van der Waals surface area contributed by atoms with E-state index < -0.39 is 4.92 Å². The van der Waals surface area contributed by atoms with Crippen molar-refractivity contribution in [3.8, 4) is 5.75 Å². The zero-order valence-electron chi connectivity index (χ0n) is 10.8. The smallest absolute Gasteiger partial charge is 0.269 e. The number of hydrazone groups is 1. The highest BCUT2D eigenvalue weighted by Crippen LogP contribution is 2.15. The average molecular weight is 271 g/mol. The Morgan fingerprint density at radius 2 is 1.80 bits per heavy atom. The third-order valence-electron chi connectivity index (χ3n) is 2.60. The molecule has 0 heterocycles. The highest BCUT2D eigenvalue weighted by Gasteiger charge is 2.02. The molecule has 0 atom stereocenters. The lowest BCUT2D eigenvalue weighted by Gasteiger charge is -2.00. The molecule has 6 nitrogen and oxygen atoms in total. The largest absolute Gasteiger partial charge is 0.497 e. The minimum absolute atomic E-state index is 0.0506. The van der Waals surface area contributed by atoms with E-state index in [9.17, 15) is 10.1 Å². The highest BCUT2D eigenvalue weighted by atomic mass is 16.6. The Kier molecular flexibility index (Phi) is 4.28. The van der Waals surface area contributed by atoms with Gasteiger partial charge in [0, 0.05) is 12.1 Å². The summed E-state index contributed by atoms with van der Waals surface area (Å²) in [7, 11) is 1.61. The third kappa shape index (κ3) is 3.55. The van der Waals surface area contributed by atoms with E-state index in [1.54, 1.807) is 25.5 Å². The van der Waals surface area contributed by atoms with Crippen LogP contribution in [0.4, 0.5) is 11.4 Å². The molecule has 0 aliphatic heterocycles. The molecule has 20 heavy (non-hydrogen) atoms. The van der Waals surface area contributed by atoms with Crippen LogP contribution in [0.1, 0.15) is 5.56 Å². The van der Waals surface area contributed by atoms with Crippen LogP contribution in [0.15, 0.2) is 53.6 Å². The van der Waals surface area contributed by atoms with Crippen LogP contribution in [0.5, 0.6) is 5.75 Å². The predicted octanol–water partition coefficient (Wildman–Crippen LogP) is 3.05. The van der Waals surface area contributed by atoms with Crippen LogP contribution < -0.4 is 10.2 Å². The molecule has 0 saturated heterocycles. The molecule has 0 saturated carbocycles. The third-order valence-corrected chi connectivity index (χ3v) is 2.60. The quantitative estimate of drug-likeness (QED) is 0.515. The van der Waals surface area contributed by atoms with Gasteiger partial charge in [0.25, 0.3) is 5.69 Å². The molecular weight excluding hydrogens is 258 g/mol. The summed E-state index contributed by atoms with van der Waals surface area (Å²) in [5.41, 5.74) is 4.45. The maximum absolute atomic E-state index is 10.5. The fraction of sp³-hybridized carbons (Fsp3) is 0.0714. The standard InChI is InChI=1S/C14H13N3O3/c1-20-14-8-2-11(3-9-14)10-15-16-12-4-6-13(7-5-12)17(18)19/h2-10,16H,1H3. The molecule has 0 bridgehead atoms. The van der Waals surface area contributed by atoms with Gasteiger partial charge in [0.05, 0.1) is 23.9 Å². The van der Waals surface area contributed by atoms with Crippen LogP contribution >= 0.6 is 0 Å². The van der Waals surface area contributed by atoms with Crippen LogP contribution in [0, 0.1) is 10.1 Å². The fourth-order valence-corrected chi connectivity index (χ4v) is 1.53. The number of anilines is 1. The number of non-ortho nitro benzene ring substituents is 1. The van der Waals surface area contributed by atoms with Gasteiger partial charge in [-0.25, -0.2) is 0 Å². The minimum atomic E-state index is -0.440. The predicted molar refractivity (Wildman–Crippen MR) is 77.3 cm³/mol. The van der Waals surface area contributed by atoms with Gasteiger partial charge >= 0.3 is 0 Å². The number of benzene rings is 2. The van der Waals surface area contributed by atoms with Crippen LogP contribution in [0.2, 0.25) is 0 Å². The van der Waals surface area contributed by atoms with E-state index >= 15 is 0 Å². The summed E-state index contributed by atoms with van der Waals surface area (Å²) >= 11 is 0. The summed E-state index contributed by atoms with van der Waals surface area (Å²) in [6, 6.07) is 13.5. The van der Waals surface area contributed by atoms with Crippen molar-refractivity contribution in [2.75, 3.05) is 12.5 Å². The summed E-state index contributed by atoms with van der Waals surface area (Å²) in [5.74, 6) is 0.783. The van der Waals surface area contributed by atoms with Gasteiger partial charge in [-0.1, -0.05) is 0 Å². The summed E-state index contributed by atoms with van der Waals surface area (Å²) in [6.45, 7) is 0. The number of nitrogens with zero attached hydrogens (tertiary/aromatic N) is 2. The van der Waals surface area contributed by atoms with E-state index in [4.69, 9.17) is 4.74 Å². The van der Waals surface area contributed by atoms with Crippen molar-refractivity contribution in [3.63, 3.8) is 0 Å². The Morgan fingerprint density at radius 1 is 1.15 bits per heavy atom. The van der Waals surface area contributed by atoms with Crippen molar-refractivity contribution in [1.82, 2.24) is 0 Å². The molecule has 0 aromatic heterocycles. The summed E-state index contributed by atoms with van der Waals surface area (Å²) in [6.07, 6.45) is 1.65. The van der Waals surface area contributed by atoms with Gasteiger partial charge in [0.15, 0.2) is 0 Å². The van der Waals surface area contributed by atoms with E-state index in [1.807, 2.05) is 24.3 Å². The lowest BCUT2D eigenvalue weighted by molar-refractivity contribution is -0.384. The molecule has 0 amide bonds. The Bertz CT molecular complexity index is 607. The summed E-state index contributed by atoms with van der Waals surface area (Å²) < 4.78 is 5.06. The van der Waals surface area contributed by atoms with Crippen LogP contribution in [-0.4, -0.2) is 18.2 Å². The zero-order valence-corrected chi connectivity index (χ0v) is 10.8. The second kappa shape index (κ2) is 6.33. The van der Waals surface area contributed by atoms with Crippen molar-refractivity contribution in [3.05, 3.63) is 64.2 Å². The number of methoxy groups -OCH3 is 1. The molecule has 0 aliphatic rings. The molecule has 2 rings (SSSR count). The maximum Gasteiger partial charge on any atom is 0.269 e. The molecule has 0 spiro atoms. The zero-order chi connectivity index (χ0) is 14.4. The molecule has 0 radical (unpaired) electrons. The molecular formula is C14H13N3O3. The molecule has 102 valence electrons. The van der Waals surface area contributed by atoms with Gasteiger partial charge in [-0.15, -0.1) is 0 Å². The SMILES string of the molecule is COc1ccc(C=NNc2ccc([N+](=O)[O-])cc2)cc1. The van der Waals surface area contributed by atoms with Crippen molar-refractivity contribution in [2.45, 2.75) is 0 Å². The lowest BCUT2D eigenvalue weighted by atomic mass is 10.2. The first-order valence-electron chi connectivity index (χ1n) is 5.86. The number of rotatable bonds is 5. The average Bonchev–Trinajstić information content (AvgIpc) is 2.48. The van der Waals surface area contributed by atoms with Gasteiger partial charge in [-0.05, 0) is 42.0 Å². The number of hydrogen-bond donors (Lipinski definition) is 1. The molecule has 2 aromatic rings. The first-order valence-corrected chi connectivity index (χ1v) is 5.86. The normalized spacial score (nSPS) is 10.4. The second-order valence-electron chi connectivity index (χ2n) is 3.95. The maximum atomic E-state index is 10.5. The van der Waals surface area contributed by atoms with Gasteiger partial charge in [0.1, 0.15) is 5.75 Å². The molecule has 6 heteroatoms. The van der Waals surface area contributed by atoms with Gasteiger partial charge in [-0.3, -0.25) is 15.5 Å². The Morgan fingerprint density at radius 3 is 2.35 bits per heavy atom. The van der Waals surface area contributed by atoms with E-state index in [2.05, 4.69) is 10.5 Å². The lowest BCUT2D eigenvalue weighted by Crippen LogP contribution is -1.92. The number of nitrogens with one attached hydrogen (secondary N) is 1. The highest BCUT2D eigenvalue weighted by molar-refractivity contribution is 5.80. The summed E-state index contributed by atoms with van der Waals surface area (Å²) in [5, 5.41) is 14.6. The van der Waals surface area contributed by atoms with E-state index in [1.165, 1.54) is 12.1 Å². The topological polar surface area (TPSA) is 76.8 Å². The van der Waals surface area contributed by atoms with Crippen molar-refractivity contribution >= 4 is 17.6 Å². The Balaban J connectivity index is 1.96. The molecule has 0 fully saturated rings. The first kappa shape index (κ1) is 13.5. The molecule has 0 aliphatic carbocycles. The van der Waals surface area contributed by atoms with E-state index in [-0.39, 0.29) is 5.69 Å². The Hall–Kier alpha value is -2.89. The van der Waals surface area contributed by atoms with E-state index in [0.717, 1.165) is 11.3 Å². The number of nitro benzene ring substituents is 1. The first-order chi connectivity index (χ1) is 9.69. The second-order valence-corrected chi connectivity index (χ2v) is 3.95. The van der Waals surface area contributed by atoms with Gasteiger partial charge in [0.2, 0.25) is 0 Å². The van der Waals surface area contributed by atoms with Crippen molar-refractivity contribution in [1.29, 1.82) is 0 Å². The van der Waals surface area contributed by atoms with E-state index in [0.29, 0.717) is 5.69 Å². The molecule has 1 N–H and O–H groups in total. The van der Waals surface area contributed by atoms with Crippen molar-refractivity contribution in [2.24, 2.45) is 5.10 Å². The van der Waals surface area contributed by atoms with Crippen LogP contribution in [0.3, 0.4) is 0 Å². The van der Waals surface area contributed by atoms with Gasteiger partial charge < -0.3 is 4.74 Å². The monoisotopic (exact) mass is 271 g/mol. The minimum Gasteiger partial charge on any atom is -0.497 e. The van der Waals surface area contributed by atoms with Crippen LogP contribution in [0.25, 0.3) is 0 Å². The molecule has 0 unspecified atom stereocenters. The van der Waals surface area contributed by atoms with Crippen molar-refractivity contribution < 1.29 is 9.66 Å². The van der Waals surface area contributed by atoms with Gasteiger partial charge in [-0.2, -0.15) is 5.10 Å². The van der Waals surface area contributed by atoms with Crippen LogP contribution in [-0.2, 0) is 0 Å². The fourth-order valence-electron chi connectivity index (χ4n) is 1.53. The molecule has 2 aromatic carbocycles. The number of hydrogen-bond acceptors (Lipinski definition) is 5. The Labute approximate surface area is 115 Å². The number of ether oxygens (including phenoxy) is 1.